The van der Waals surface area contributed by atoms with Gasteiger partial charge in [-0.2, -0.15) is 0 Å². The largest absolute Gasteiger partial charge is 0.481 e. The Bertz CT molecular complexity index is 1280. The lowest BCUT2D eigenvalue weighted by Crippen LogP contribution is -2.31. The molecule has 0 amide bonds. The Morgan fingerprint density at radius 1 is 1.12 bits per heavy atom. The van der Waals surface area contributed by atoms with E-state index in [2.05, 4.69) is 20.3 Å². The van der Waals surface area contributed by atoms with Crippen molar-refractivity contribution in [3.8, 4) is 17.1 Å². The fourth-order valence-corrected chi connectivity index (χ4v) is 3.65. The van der Waals surface area contributed by atoms with Crippen LogP contribution in [0.25, 0.3) is 21.3 Å². The normalized spacial score (nSPS) is 11.5. The lowest BCUT2D eigenvalue weighted by molar-refractivity contribution is -0.148. The number of carboxylic acid groups (broad SMARTS) is 1. The molecule has 0 saturated carbocycles. The molecule has 2 aromatic heterocycles. The van der Waals surface area contributed by atoms with E-state index in [1.807, 2.05) is 24.3 Å². The van der Waals surface area contributed by atoms with Gasteiger partial charge in [0.25, 0.3) is 0 Å². The average Bonchev–Trinajstić information content (AvgIpc) is 3.16. The summed E-state index contributed by atoms with van der Waals surface area (Å²) in [6, 6.07) is 9.49. The maximum Gasteiger partial charge on any atom is 0.316 e. The van der Waals surface area contributed by atoms with Crippen molar-refractivity contribution in [2.45, 2.75) is 13.8 Å². The van der Waals surface area contributed by atoms with Crippen molar-refractivity contribution in [1.29, 1.82) is 0 Å². The number of aliphatic carboxylic acids is 1. The van der Waals surface area contributed by atoms with E-state index in [1.165, 1.54) is 6.07 Å². The third-order valence-electron chi connectivity index (χ3n) is 4.65. The second-order valence-corrected chi connectivity index (χ2v) is 8.72. The highest BCUT2D eigenvalue weighted by molar-refractivity contribution is 7.22. The molecule has 0 fully saturated rings. The standard InChI is InChI=1S/C22H18F2N4O3S/c1-22(2,19(29)30)11-31-20-25-9-13(10-26-20)12-3-5-15(6-4-12)27-21-28-18-16(24)7-14(23)8-17(18)32-21/h3-10H,11H2,1-2H3,(H,27,28)(H,29,30). The summed E-state index contributed by atoms with van der Waals surface area (Å²) in [7, 11) is 0. The number of carbonyl (C=O) groups is 1. The first-order valence-corrected chi connectivity index (χ1v) is 10.3. The van der Waals surface area contributed by atoms with Crippen LogP contribution >= 0.6 is 11.3 Å². The number of anilines is 2. The third kappa shape index (κ3) is 4.65. The van der Waals surface area contributed by atoms with Crippen LogP contribution in [-0.2, 0) is 4.79 Å². The van der Waals surface area contributed by atoms with Gasteiger partial charge in [0.1, 0.15) is 17.9 Å². The summed E-state index contributed by atoms with van der Waals surface area (Å²) in [4.78, 5) is 23.6. The number of hydrogen-bond acceptors (Lipinski definition) is 7. The minimum atomic E-state index is -1.05. The van der Waals surface area contributed by atoms with Crippen molar-refractivity contribution in [2.24, 2.45) is 5.41 Å². The van der Waals surface area contributed by atoms with E-state index in [0.29, 0.717) is 9.83 Å². The van der Waals surface area contributed by atoms with Crippen molar-refractivity contribution in [3.63, 3.8) is 0 Å². The van der Waals surface area contributed by atoms with Crippen molar-refractivity contribution in [3.05, 3.63) is 60.4 Å². The molecule has 0 unspecified atom stereocenters. The number of carboxylic acids is 1. The summed E-state index contributed by atoms with van der Waals surface area (Å²) in [5.41, 5.74) is 1.41. The minimum Gasteiger partial charge on any atom is -0.481 e. The lowest BCUT2D eigenvalue weighted by Gasteiger charge is -2.18. The number of fused-ring (bicyclic) bond motifs is 1. The Kier molecular flexibility index (Phi) is 5.70. The smallest absolute Gasteiger partial charge is 0.316 e. The topological polar surface area (TPSA) is 97.2 Å². The molecular weight excluding hydrogens is 438 g/mol. The number of nitrogens with zero attached hydrogens (tertiary/aromatic N) is 3. The number of rotatable bonds is 7. The van der Waals surface area contributed by atoms with Crippen LogP contribution in [-0.4, -0.2) is 32.6 Å². The van der Waals surface area contributed by atoms with Gasteiger partial charge in [0.2, 0.25) is 0 Å². The molecule has 0 saturated heterocycles. The van der Waals surface area contributed by atoms with Gasteiger partial charge in [0.15, 0.2) is 10.9 Å². The highest BCUT2D eigenvalue weighted by Crippen LogP contribution is 2.31. The molecule has 2 heterocycles. The van der Waals surface area contributed by atoms with Gasteiger partial charge >= 0.3 is 12.0 Å². The van der Waals surface area contributed by atoms with Crippen LogP contribution in [0.3, 0.4) is 0 Å². The van der Waals surface area contributed by atoms with Crippen LogP contribution in [0.15, 0.2) is 48.8 Å². The number of thiazole rings is 1. The molecule has 0 aliphatic heterocycles. The van der Waals surface area contributed by atoms with E-state index in [1.54, 1.807) is 26.2 Å². The molecule has 4 rings (SSSR count). The second kappa shape index (κ2) is 8.46. The number of halogens is 2. The van der Waals surface area contributed by atoms with Gasteiger partial charge in [0.05, 0.1) is 10.1 Å². The van der Waals surface area contributed by atoms with Gasteiger partial charge in [-0.15, -0.1) is 0 Å². The lowest BCUT2D eigenvalue weighted by atomic mass is 9.95. The fraction of sp³-hybridized carbons (Fsp3) is 0.182. The predicted octanol–water partition coefficient (Wildman–Crippen LogP) is 5.26. The first-order chi connectivity index (χ1) is 15.2. The van der Waals surface area contributed by atoms with Crippen LogP contribution in [0.5, 0.6) is 6.01 Å². The summed E-state index contributed by atoms with van der Waals surface area (Å²) in [6.07, 6.45) is 3.17. The SMILES string of the molecule is CC(C)(COc1ncc(-c2ccc(Nc3nc4c(F)cc(F)cc4s3)cc2)cn1)C(=O)O. The number of benzene rings is 2. The minimum absolute atomic E-state index is 0.0512. The summed E-state index contributed by atoms with van der Waals surface area (Å²) in [5.74, 6) is -2.30. The quantitative estimate of drug-likeness (QED) is 0.391. The monoisotopic (exact) mass is 456 g/mol. The van der Waals surface area contributed by atoms with Gasteiger partial charge in [-0.3, -0.25) is 4.79 Å². The highest BCUT2D eigenvalue weighted by atomic mass is 32.1. The van der Waals surface area contributed by atoms with Gasteiger partial charge in [-0.25, -0.2) is 23.7 Å². The highest BCUT2D eigenvalue weighted by Gasteiger charge is 2.28. The Labute approximate surface area is 185 Å². The second-order valence-electron chi connectivity index (χ2n) is 7.69. The molecule has 0 aliphatic carbocycles. The number of ether oxygens (including phenoxy) is 1. The van der Waals surface area contributed by atoms with E-state index >= 15 is 0 Å². The zero-order valence-corrected chi connectivity index (χ0v) is 17.9. The molecule has 2 N–H and O–H groups in total. The van der Waals surface area contributed by atoms with E-state index in [4.69, 9.17) is 9.84 Å². The van der Waals surface area contributed by atoms with E-state index < -0.39 is 23.0 Å². The van der Waals surface area contributed by atoms with Crippen molar-refractivity contribution >= 4 is 38.3 Å². The molecule has 32 heavy (non-hydrogen) atoms. The molecule has 7 nitrogen and oxygen atoms in total. The molecule has 0 bridgehead atoms. The van der Waals surface area contributed by atoms with Gasteiger partial charge < -0.3 is 15.2 Å². The molecule has 0 aliphatic rings. The van der Waals surface area contributed by atoms with Crippen molar-refractivity contribution in [1.82, 2.24) is 15.0 Å². The summed E-state index contributed by atoms with van der Waals surface area (Å²) in [6.45, 7) is 3.06. The molecular formula is C22H18F2N4O3S. The Balaban J connectivity index is 1.43. The van der Waals surface area contributed by atoms with E-state index in [0.717, 1.165) is 34.2 Å². The summed E-state index contributed by atoms with van der Waals surface area (Å²) in [5, 5.41) is 12.7. The van der Waals surface area contributed by atoms with Crippen molar-refractivity contribution in [2.75, 3.05) is 11.9 Å². The molecule has 2 aromatic carbocycles. The van der Waals surface area contributed by atoms with Gasteiger partial charge in [-0.1, -0.05) is 23.5 Å². The van der Waals surface area contributed by atoms with Crippen LogP contribution < -0.4 is 10.1 Å². The summed E-state index contributed by atoms with van der Waals surface area (Å²) < 4.78 is 33.0. The molecule has 4 aromatic rings. The third-order valence-corrected chi connectivity index (χ3v) is 5.57. The van der Waals surface area contributed by atoms with Crippen LogP contribution in [0.4, 0.5) is 19.6 Å². The van der Waals surface area contributed by atoms with Crippen LogP contribution in [0.1, 0.15) is 13.8 Å². The molecule has 164 valence electrons. The van der Waals surface area contributed by atoms with Crippen LogP contribution in [0, 0.1) is 17.0 Å². The molecule has 0 spiro atoms. The average molecular weight is 456 g/mol. The zero-order chi connectivity index (χ0) is 22.9. The Morgan fingerprint density at radius 3 is 2.47 bits per heavy atom. The van der Waals surface area contributed by atoms with E-state index in [9.17, 15) is 13.6 Å². The Hall–Kier alpha value is -3.66. The molecule has 10 heteroatoms. The molecule has 0 radical (unpaired) electrons. The number of nitrogens with one attached hydrogen (secondary N) is 1. The van der Waals surface area contributed by atoms with E-state index in [-0.39, 0.29) is 18.1 Å². The maximum absolute atomic E-state index is 13.8. The van der Waals surface area contributed by atoms with Crippen LogP contribution in [0.2, 0.25) is 0 Å². The maximum atomic E-state index is 13.8. The first-order valence-electron chi connectivity index (χ1n) is 9.52. The predicted molar refractivity (Wildman–Crippen MR) is 117 cm³/mol. The van der Waals surface area contributed by atoms with Crippen molar-refractivity contribution < 1.29 is 23.4 Å². The van der Waals surface area contributed by atoms with Gasteiger partial charge in [-0.05, 0) is 37.6 Å². The number of hydrogen-bond donors (Lipinski definition) is 2. The fourth-order valence-electron chi connectivity index (χ4n) is 2.73. The Morgan fingerprint density at radius 2 is 1.81 bits per heavy atom. The number of aromatic nitrogens is 3. The summed E-state index contributed by atoms with van der Waals surface area (Å²) >= 11 is 1.16. The van der Waals surface area contributed by atoms with Gasteiger partial charge in [0, 0.05) is 29.7 Å². The first kappa shape index (κ1) is 21.6. The zero-order valence-electron chi connectivity index (χ0n) is 17.1. The molecule has 0 atom stereocenters.